The highest BCUT2D eigenvalue weighted by Crippen LogP contribution is 2.28. The Kier molecular flexibility index (Phi) is 6.84. The van der Waals surface area contributed by atoms with Gasteiger partial charge >= 0.3 is 0 Å². The van der Waals surface area contributed by atoms with E-state index in [0.29, 0.717) is 19.8 Å². The van der Waals surface area contributed by atoms with Crippen molar-refractivity contribution in [1.82, 2.24) is 0 Å². The third kappa shape index (κ3) is 4.98. The Morgan fingerprint density at radius 3 is 1.83 bits per heavy atom. The van der Waals surface area contributed by atoms with Crippen molar-refractivity contribution in [2.45, 2.75) is 32.8 Å². The maximum absolute atomic E-state index is 5.39. The van der Waals surface area contributed by atoms with Gasteiger partial charge in [0, 0.05) is 20.1 Å². The van der Waals surface area contributed by atoms with Gasteiger partial charge in [-0.2, -0.15) is 0 Å². The standard InChI is InChI=1S/C8H18O3S/c1-5-9-8(4,10-6-2)12-11-7-3/h5-7H2,1-4H3. The van der Waals surface area contributed by atoms with Crippen LogP contribution in [-0.2, 0) is 13.7 Å². The average molecular weight is 194 g/mol. The zero-order valence-electron chi connectivity index (χ0n) is 8.25. The summed E-state index contributed by atoms with van der Waals surface area (Å²) < 4.78 is 15.9. The first-order valence-electron chi connectivity index (χ1n) is 4.27. The van der Waals surface area contributed by atoms with Crippen LogP contribution in [-0.4, -0.2) is 24.9 Å². The van der Waals surface area contributed by atoms with Crippen LogP contribution in [0.4, 0.5) is 0 Å². The summed E-state index contributed by atoms with van der Waals surface area (Å²) in [4.78, 5) is 0. The zero-order valence-corrected chi connectivity index (χ0v) is 9.07. The molecular weight excluding hydrogens is 176 g/mol. The molecule has 0 bridgehead atoms. The molecule has 4 heteroatoms. The van der Waals surface area contributed by atoms with Gasteiger partial charge < -0.3 is 13.7 Å². The Morgan fingerprint density at radius 1 is 1.00 bits per heavy atom. The summed E-state index contributed by atoms with van der Waals surface area (Å²) in [6.45, 7) is 9.56. The van der Waals surface area contributed by atoms with Gasteiger partial charge in [-0.05, 0) is 20.8 Å². The molecule has 0 rings (SSSR count). The van der Waals surface area contributed by atoms with E-state index in [9.17, 15) is 0 Å². The van der Waals surface area contributed by atoms with Crippen molar-refractivity contribution in [1.29, 1.82) is 0 Å². The lowest BCUT2D eigenvalue weighted by Crippen LogP contribution is -2.28. The Bertz CT molecular complexity index is 102. The molecule has 0 aromatic heterocycles. The maximum Gasteiger partial charge on any atom is 0.240 e. The zero-order chi connectivity index (χ0) is 9.45. The third-order valence-corrected chi connectivity index (χ3v) is 2.03. The fourth-order valence-corrected chi connectivity index (χ4v) is 1.44. The highest BCUT2D eigenvalue weighted by atomic mass is 32.2. The molecule has 0 amide bonds. The monoisotopic (exact) mass is 194 g/mol. The molecule has 0 unspecified atom stereocenters. The molecule has 0 aliphatic carbocycles. The predicted molar refractivity (Wildman–Crippen MR) is 50.9 cm³/mol. The minimum absolute atomic E-state index is 0.622. The molecule has 0 aromatic carbocycles. The Balaban J connectivity index is 3.80. The fourth-order valence-electron chi connectivity index (χ4n) is 0.780. The summed E-state index contributed by atoms with van der Waals surface area (Å²) in [6.07, 6.45) is 0. The highest BCUT2D eigenvalue weighted by Gasteiger charge is 2.26. The van der Waals surface area contributed by atoms with Crippen LogP contribution in [0.1, 0.15) is 27.7 Å². The van der Waals surface area contributed by atoms with Crippen molar-refractivity contribution >= 4 is 12.0 Å². The summed E-state index contributed by atoms with van der Waals surface area (Å²) in [5.41, 5.74) is 0. The van der Waals surface area contributed by atoms with Crippen molar-refractivity contribution in [3.63, 3.8) is 0 Å². The van der Waals surface area contributed by atoms with Gasteiger partial charge in [-0.25, -0.2) is 0 Å². The minimum Gasteiger partial charge on any atom is -0.340 e. The normalized spacial score (nSPS) is 12.0. The molecule has 0 aromatic rings. The summed E-state index contributed by atoms with van der Waals surface area (Å²) in [7, 11) is 0. The molecule has 0 saturated heterocycles. The maximum atomic E-state index is 5.39. The lowest BCUT2D eigenvalue weighted by Gasteiger charge is -2.26. The number of ether oxygens (including phenoxy) is 2. The van der Waals surface area contributed by atoms with Crippen LogP contribution >= 0.6 is 12.0 Å². The molecule has 0 N–H and O–H groups in total. The summed E-state index contributed by atoms with van der Waals surface area (Å²) in [5, 5.41) is -0.653. The third-order valence-electron chi connectivity index (χ3n) is 1.14. The molecule has 0 atom stereocenters. The lowest BCUT2D eigenvalue weighted by atomic mass is 10.7. The fraction of sp³-hybridized carbons (Fsp3) is 1.00. The minimum atomic E-state index is -0.653. The summed E-state index contributed by atoms with van der Waals surface area (Å²) >= 11 is 1.23. The van der Waals surface area contributed by atoms with Crippen molar-refractivity contribution in [3.8, 4) is 0 Å². The largest absolute Gasteiger partial charge is 0.340 e. The predicted octanol–water partition coefficient (Wildman–Crippen LogP) is 2.42. The Hall–Kier alpha value is 0.230. The van der Waals surface area contributed by atoms with Crippen LogP contribution in [0.25, 0.3) is 0 Å². The van der Waals surface area contributed by atoms with Gasteiger partial charge in [-0.15, -0.1) is 0 Å². The molecular formula is C8H18O3S. The molecule has 0 aliphatic heterocycles. The Morgan fingerprint density at radius 2 is 1.50 bits per heavy atom. The van der Waals surface area contributed by atoms with E-state index in [0.717, 1.165) is 0 Å². The second-order valence-corrected chi connectivity index (χ2v) is 3.36. The van der Waals surface area contributed by atoms with Gasteiger partial charge in [-0.1, -0.05) is 0 Å². The second kappa shape index (κ2) is 6.71. The van der Waals surface area contributed by atoms with Gasteiger partial charge in [0.25, 0.3) is 0 Å². The van der Waals surface area contributed by atoms with Gasteiger partial charge in [0.15, 0.2) is 0 Å². The van der Waals surface area contributed by atoms with Crippen LogP contribution in [0.15, 0.2) is 0 Å². The van der Waals surface area contributed by atoms with E-state index in [1.165, 1.54) is 12.0 Å². The molecule has 12 heavy (non-hydrogen) atoms. The average Bonchev–Trinajstić information content (AvgIpc) is 2.02. The van der Waals surface area contributed by atoms with E-state index in [2.05, 4.69) is 0 Å². The summed E-state index contributed by atoms with van der Waals surface area (Å²) in [5.74, 6) is 0. The number of hydrogen-bond donors (Lipinski definition) is 0. The van der Waals surface area contributed by atoms with Crippen molar-refractivity contribution in [3.05, 3.63) is 0 Å². The van der Waals surface area contributed by atoms with E-state index in [-0.39, 0.29) is 0 Å². The van der Waals surface area contributed by atoms with Crippen molar-refractivity contribution < 1.29 is 13.7 Å². The van der Waals surface area contributed by atoms with Crippen LogP contribution in [0.5, 0.6) is 0 Å². The first kappa shape index (κ1) is 12.2. The molecule has 74 valence electrons. The lowest BCUT2D eigenvalue weighted by molar-refractivity contribution is -0.156. The van der Waals surface area contributed by atoms with Crippen molar-refractivity contribution in [2.75, 3.05) is 19.8 Å². The molecule has 0 saturated carbocycles. The molecule has 3 nitrogen and oxygen atoms in total. The van der Waals surface area contributed by atoms with Gasteiger partial charge in [0.2, 0.25) is 5.12 Å². The second-order valence-electron chi connectivity index (χ2n) is 2.22. The van der Waals surface area contributed by atoms with E-state index >= 15 is 0 Å². The SMILES string of the molecule is CCOSC(C)(OCC)OCC. The van der Waals surface area contributed by atoms with E-state index in [4.69, 9.17) is 13.7 Å². The van der Waals surface area contributed by atoms with Gasteiger partial charge in [0.05, 0.1) is 18.6 Å². The van der Waals surface area contributed by atoms with Crippen molar-refractivity contribution in [2.24, 2.45) is 0 Å². The van der Waals surface area contributed by atoms with E-state index in [1.807, 2.05) is 27.7 Å². The molecule has 0 fully saturated rings. The number of hydrogen-bond acceptors (Lipinski definition) is 4. The van der Waals surface area contributed by atoms with Crippen LogP contribution < -0.4 is 0 Å². The molecule has 0 aliphatic rings. The molecule has 0 radical (unpaired) electrons. The highest BCUT2D eigenvalue weighted by molar-refractivity contribution is 7.95. The summed E-state index contributed by atoms with van der Waals surface area (Å²) in [6, 6.07) is 0. The number of rotatable bonds is 7. The van der Waals surface area contributed by atoms with E-state index < -0.39 is 5.12 Å². The quantitative estimate of drug-likeness (QED) is 0.459. The molecule has 0 heterocycles. The van der Waals surface area contributed by atoms with Crippen LogP contribution in [0.3, 0.4) is 0 Å². The molecule has 0 spiro atoms. The smallest absolute Gasteiger partial charge is 0.240 e. The van der Waals surface area contributed by atoms with Crippen LogP contribution in [0.2, 0.25) is 0 Å². The van der Waals surface area contributed by atoms with Gasteiger partial charge in [0.1, 0.15) is 0 Å². The van der Waals surface area contributed by atoms with Gasteiger partial charge in [-0.3, -0.25) is 0 Å². The van der Waals surface area contributed by atoms with E-state index in [1.54, 1.807) is 0 Å². The first-order chi connectivity index (χ1) is 5.68. The topological polar surface area (TPSA) is 27.7 Å². The first-order valence-corrected chi connectivity index (χ1v) is 5.01. The Labute approximate surface area is 79.0 Å². The van der Waals surface area contributed by atoms with Crippen LogP contribution in [0, 0.1) is 0 Å².